The SMILES string of the molecule is CCc1cccc2sc(N(Cc3ccco3)C(=O)c3ccc([N+](=O)[O-])o3)nc12. The summed E-state index contributed by atoms with van der Waals surface area (Å²) in [7, 11) is 0. The fourth-order valence-electron chi connectivity index (χ4n) is 2.85. The first-order valence-corrected chi connectivity index (χ1v) is 9.35. The van der Waals surface area contributed by atoms with E-state index in [1.807, 2.05) is 25.1 Å². The maximum Gasteiger partial charge on any atom is 0.433 e. The molecule has 0 unspecified atom stereocenters. The first kappa shape index (κ1) is 17.9. The molecule has 1 aromatic carbocycles. The van der Waals surface area contributed by atoms with Crippen molar-refractivity contribution < 1.29 is 18.6 Å². The van der Waals surface area contributed by atoms with Crippen LogP contribution >= 0.6 is 11.3 Å². The van der Waals surface area contributed by atoms with Crippen molar-refractivity contribution in [2.45, 2.75) is 19.9 Å². The summed E-state index contributed by atoms with van der Waals surface area (Å²) in [5, 5.41) is 11.4. The van der Waals surface area contributed by atoms with Crippen molar-refractivity contribution in [2.24, 2.45) is 0 Å². The molecule has 0 aliphatic carbocycles. The second-order valence-electron chi connectivity index (χ2n) is 5.98. The second-order valence-corrected chi connectivity index (χ2v) is 6.99. The number of nitro groups is 1. The average Bonchev–Trinajstić information content (AvgIpc) is 3.45. The molecule has 0 fully saturated rings. The molecule has 4 aromatic rings. The molecular weight excluding hydrogens is 382 g/mol. The standard InChI is InChI=1S/C19H15N3O5S/c1-2-12-5-3-7-15-17(12)20-19(28-15)21(11-13-6-4-10-26-13)18(23)14-8-9-16(27-14)22(24)25/h3-10H,2,11H2,1H3. The van der Waals surface area contributed by atoms with E-state index in [1.54, 1.807) is 12.1 Å². The largest absolute Gasteiger partial charge is 0.467 e. The van der Waals surface area contributed by atoms with Crippen LogP contribution in [0.15, 0.2) is 57.6 Å². The maximum atomic E-state index is 13.1. The Kier molecular flexibility index (Phi) is 4.66. The number of carbonyl (C=O) groups is 1. The van der Waals surface area contributed by atoms with E-state index in [0.717, 1.165) is 28.3 Å². The summed E-state index contributed by atoms with van der Waals surface area (Å²) < 4.78 is 11.4. The fourth-order valence-corrected chi connectivity index (χ4v) is 3.86. The minimum atomic E-state index is -0.682. The zero-order valence-corrected chi connectivity index (χ0v) is 15.6. The Bertz CT molecular complexity index is 1150. The predicted molar refractivity (Wildman–Crippen MR) is 104 cm³/mol. The van der Waals surface area contributed by atoms with Gasteiger partial charge in [0.1, 0.15) is 10.7 Å². The molecule has 0 aliphatic rings. The first-order chi connectivity index (χ1) is 13.6. The topological polar surface area (TPSA) is 103 Å². The van der Waals surface area contributed by atoms with Crippen LogP contribution in [0.2, 0.25) is 0 Å². The van der Waals surface area contributed by atoms with Gasteiger partial charge in [0.25, 0.3) is 5.91 Å². The van der Waals surface area contributed by atoms with Gasteiger partial charge in [-0.05, 0) is 36.2 Å². The number of hydrogen-bond donors (Lipinski definition) is 0. The van der Waals surface area contributed by atoms with Crippen LogP contribution in [0.5, 0.6) is 0 Å². The Morgan fingerprint density at radius 3 is 2.79 bits per heavy atom. The third kappa shape index (κ3) is 3.27. The molecule has 3 aromatic heterocycles. The summed E-state index contributed by atoms with van der Waals surface area (Å²) >= 11 is 1.37. The molecule has 142 valence electrons. The highest BCUT2D eigenvalue weighted by molar-refractivity contribution is 7.22. The van der Waals surface area contributed by atoms with Crippen LogP contribution in [0.3, 0.4) is 0 Å². The predicted octanol–water partition coefficient (Wildman–Crippen LogP) is 4.80. The molecule has 0 saturated heterocycles. The number of benzene rings is 1. The molecular formula is C19H15N3O5S. The highest BCUT2D eigenvalue weighted by Crippen LogP contribution is 2.33. The van der Waals surface area contributed by atoms with Gasteiger partial charge in [0.05, 0.1) is 29.1 Å². The van der Waals surface area contributed by atoms with Crippen molar-refractivity contribution in [3.63, 3.8) is 0 Å². The number of furan rings is 2. The summed E-state index contributed by atoms with van der Waals surface area (Å²) in [6.45, 7) is 2.17. The summed E-state index contributed by atoms with van der Waals surface area (Å²) in [5.74, 6) is -0.585. The van der Waals surface area contributed by atoms with Crippen molar-refractivity contribution in [3.05, 3.63) is 75.9 Å². The van der Waals surface area contributed by atoms with Crippen LogP contribution < -0.4 is 4.90 Å². The fraction of sp³-hybridized carbons (Fsp3) is 0.158. The molecule has 9 heteroatoms. The molecule has 0 radical (unpaired) electrons. The molecule has 28 heavy (non-hydrogen) atoms. The second kappa shape index (κ2) is 7.28. The molecule has 0 bridgehead atoms. The van der Waals surface area contributed by atoms with E-state index >= 15 is 0 Å². The van der Waals surface area contributed by atoms with Gasteiger partial charge < -0.3 is 8.83 Å². The number of nitrogens with zero attached hydrogens (tertiary/aromatic N) is 3. The first-order valence-electron chi connectivity index (χ1n) is 8.53. The van der Waals surface area contributed by atoms with Gasteiger partial charge in [-0.3, -0.25) is 19.8 Å². The smallest absolute Gasteiger partial charge is 0.433 e. The van der Waals surface area contributed by atoms with Crippen LogP contribution in [0, 0.1) is 10.1 Å². The monoisotopic (exact) mass is 397 g/mol. The van der Waals surface area contributed by atoms with Gasteiger partial charge >= 0.3 is 5.88 Å². The number of carbonyl (C=O) groups excluding carboxylic acids is 1. The molecule has 0 saturated carbocycles. The quantitative estimate of drug-likeness (QED) is 0.342. The van der Waals surface area contributed by atoms with Gasteiger partial charge in [0.2, 0.25) is 0 Å². The van der Waals surface area contributed by atoms with E-state index in [0.29, 0.717) is 10.9 Å². The zero-order valence-electron chi connectivity index (χ0n) is 14.8. The van der Waals surface area contributed by atoms with E-state index in [1.165, 1.54) is 28.6 Å². The van der Waals surface area contributed by atoms with E-state index in [-0.39, 0.29) is 12.3 Å². The lowest BCUT2D eigenvalue weighted by molar-refractivity contribution is -0.402. The molecule has 1 amide bonds. The van der Waals surface area contributed by atoms with Gasteiger partial charge in [-0.15, -0.1) is 0 Å². The number of amides is 1. The Morgan fingerprint density at radius 2 is 2.11 bits per heavy atom. The molecule has 4 rings (SSSR count). The Balaban J connectivity index is 1.77. The van der Waals surface area contributed by atoms with Gasteiger partial charge in [-0.25, -0.2) is 4.98 Å². The van der Waals surface area contributed by atoms with Crippen LogP contribution in [-0.4, -0.2) is 15.8 Å². The highest BCUT2D eigenvalue weighted by atomic mass is 32.1. The lowest BCUT2D eigenvalue weighted by Crippen LogP contribution is -2.29. The number of aryl methyl sites for hydroxylation is 1. The van der Waals surface area contributed by atoms with E-state index < -0.39 is 16.7 Å². The summed E-state index contributed by atoms with van der Waals surface area (Å²) in [4.78, 5) is 29.3. The van der Waals surface area contributed by atoms with Gasteiger partial charge in [0, 0.05) is 0 Å². The molecule has 3 heterocycles. The Hall–Kier alpha value is -3.46. The van der Waals surface area contributed by atoms with E-state index in [4.69, 9.17) is 8.83 Å². The Labute approximate surface area is 163 Å². The molecule has 8 nitrogen and oxygen atoms in total. The van der Waals surface area contributed by atoms with Crippen LogP contribution in [0.1, 0.15) is 28.8 Å². The third-order valence-corrected chi connectivity index (χ3v) is 5.27. The summed E-state index contributed by atoms with van der Waals surface area (Å²) in [6.07, 6.45) is 2.33. The summed E-state index contributed by atoms with van der Waals surface area (Å²) in [6, 6.07) is 11.8. The van der Waals surface area contributed by atoms with Crippen LogP contribution in [0.25, 0.3) is 10.2 Å². The number of para-hydroxylation sites is 1. The van der Waals surface area contributed by atoms with Gasteiger partial charge in [-0.2, -0.15) is 0 Å². The van der Waals surface area contributed by atoms with Crippen molar-refractivity contribution in [2.75, 3.05) is 4.90 Å². The van der Waals surface area contributed by atoms with Crippen molar-refractivity contribution in [3.8, 4) is 0 Å². The van der Waals surface area contributed by atoms with Gasteiger partial charge in [0.15, 0.2) is 10.9 Å². The van der Waals surface area contributed by atoms with Crippen LogP contribution in [0.4, 0.5) is 11.0 Å². The molecule has 0 N–H and O–H groups in total. The number of fused-ring (bicyclic) bond motifs is 1. The van der Waals surface area contributed by atoms with Crippen molar-refractivity contribution in [1.29, 1.82) is 0 Å². The molecule has 0 spiro atoms. The maximum absolute atomic E-state index is 13.1. The average molecular weight is 397 g/mol. The number of rotatable bonds is 6. The van der Waals surface area contributed by atoms with E-state index in [2.05, 4.69) is 4.98 Å². The minimum absolute atomic E-state index is 0.127. The lowest BCUT2D eigenvalue weighted by atomic mass is 10.1. The van der Waals surface area contributed by atoms with Crippen LogP contribution in [-0.2, 0) is 13.0 Å². The van der Waals surface area contributed by atoms with E-state index in [9.17, 15) is 14.9 Å². The van der Waals surface area contributed by atoms with Crippen molar-refractivity contribution >= 4 is 38.5 Å². The number of aromatic nitrogens is 1. The lowest BCUT2D eigenvalue weighted by Gasteiger charge is -2.17. The molecule has 0 atom stereocenters. The number of anilines is 1. The Morgan fingerprint density at radius 1 is 1.25 bits per heavy atom. The van der Waals surface area contributed by atoms with Gasteiger partial charge in [-0.1, -0.05) is 30.4 Å². The third-order valence-electron chi connectivity index (χ3n) is 4.22. The number of thiazole rings is 1. The minimum Gasteiger partial charge on any atom is -0.467 e. The van der Waals surface area contributed by atoms with Crippen molar-refractivity contribution in [1.82, 2.24) is 4.98 Å². The zero-order chi connectivity index (χ0) is 19.7. The molecule has 0 aliphatic heterocycles. The summed E-state index contributed by atoms with van der Waals surface area (Å²) in [5.41, 5.74) is 1.92. The highest BCUT2D eigenvalue weighted by Gasteiger charge is 2.27. The normalized spacial score (nSPS) is 11.0. The number of hydrogen-bond acceptors (Lipinski definition) is 7.